The van der Waals surface area contributed by atoms with Crippen molar-refractivity contribution in [2.24, 2.45) is 0 Å². The van der Waals surface area contributed by atoms with Crippen molar-refractivity contribution in [3.8, 4) is 5.75 Å². The first-order valence-electron chi connectivity index (χ1n) is 4.79. The normalized spacial score (nSPS) is 11.5. The molecule has 0 aliphatic carbocycles. The first-order chi connectivity index (χ1) is 6.44. The maximum absolute atomic E-state index is 9.73. The van der Waals surface area contributed by atoms with Gasteiger partial charge in [0.05, 0.1) is 12.7 Å². The minimum atomic E-state index is -0.693. The highest BCUT2D eigenvalue weighted by Crippen LogP contribution is 2.26. The third-order valence-corrected chi connectivity index (χ3v) is 2.12. The number of aryl methyl sites for hydroxylation is 1. The highest BCUT2D eigenvalue weighted by atomic mass is 16.5. The van der Waals surface area contributed by atoms with E-state index < -0.39 is 5.60 Å². The largest absolute Gasteiger partial charge is 0.496 e. The van der Waals surface area contributed by atoms with Crippen LogP contribution in [0.25, 0.3) is 0 Å². The van der Waals surface area contributed by atoms with Gasteiger partial charge in [0.2, 0.25) is 0 Å². The molecule has 0 amide bonds. The summed E-state index contributed by atoms with van der Waals surface area (Å²) in [6.45, 7) is 5.61. The van der Waals surface area contributed by atoms with Crippen LogP contribution >= 0.6 is 0 Å². The maximum Gasteiger partial charge on any atom is 0.125 e. The molecule has 0 aliphatic rings. The summed E-state index contributed by atoms with van der Waals surface area (Å²) in [6, 6.07) is 5.98. The molecular formula is C12H18O2. The van der Waals surface area contributed by atoms with Gasteiger partial charge in [-0.05, 0) is 31.9 Å². The lowest BCUT2D eigenvalue weighted by atomic mass is 9.96. The Morgan fingerprint density at radius 3 is 2.50 bits per heavy atom. The zero-order valence-electron chi connectivity index (χ0n) is 9.29. The zero-order valence-corrected chi connectivity index (χ0v) is 9.29. The highest BCUT2D eigenvalue weighted by Gasteiger charge is 2.16. The van der Waals surface area contributed by atoms with Gasteiger partial charge >= 0.3 is 0 Å². The third kappa shape index (κ3) is 2.74. The van der Waals surface area contributed by atoms with E-state index in [2.05, 4.69) is 0 Å². The first-order valence-corrected chi connectivity index (χ1v) is 4.79. The van der Waals surface area contributed by atoms with E-state index >= 15 is 0 Å². The summed E-state index contributed by atoms with van der Waals surface area (Å²) in [5.74, 6) is 0.884. The van der Waals surface area contributed by atoms with Crippen LogP contribution in [-0.4, -0.2) is 17.8 Å². The molecule has 1 rings (SSSR count). The second-order valence-corrected chi connectivity index (χ2v) is 4.26. The van der Waals surface area contributed by atoms with E-state index in [1.165, 1.54) is 0 Å². The molecule has 0 bridgehead atoms. The molecule has 0 fully saturated rings. The predicted octanol–water partition coefficient (Wildman–Crippen LogP) is 2.32. The van der Waals surface area contributed by atoms with Gasteiger partial charge in [0, 0.05) is 6.42 Å². The van der Waals surface area contributed by atoms with Crippen LogP contribution in [-0.2, 0) is 6.42 Å². The van der Waals surface area contributed by atoms with Crippen molar-refractivity contribution in [2.45, 2.75) is 32.8 Å². The maximum atomic E-state index is 9.73. The van der Waals surface area contributed by atoms with Crippen LogP contribution < -0.4 is 4.74 Å². The number of rotatable bonds is 3. The molecule has 0 saturated heterocycles. The fourth-order valence-corrected chi connectivity index (χ4v) is 1.61. The van der Waals surface area contributed by atoms with E-state index in [-0.39, 0.29) is 0 Å². The topological polar surface area (TPSA) is 29.5 Å². The van der Waals surface area contributed by atoms with E-state index in [0.717, 1.165) is 16.9 Å². The minimum absolute atomic E-state index is 0.609. The lowest BCUT2D eigenvalue weighted by Crippen LogP contribution is -2.22. The van der Waals surface area contributed by atoms with Crippen molar-refractivity contribution >= 4 is 0 Å². The van der Waals surface area contributed by atoms with Gasteiger partial charge in [0.1, 0.15) is 5.75 Å². The Balaban J connectivity index is 3.02. The number of benzene rings is 1. The molecule has 0 heterocycles. The number of hydrogen-bond donors (Lipinski definition) is 1. The SMILES string of the molecule is COc1c(C)cccc1CC(C)(C)O. The van der Waals surface area contributed by atoms with E-state index in [1.54, 1.807) is 21.0 Å². The van der Waals surface area contributed by atoms with Crippen molar-refractivity contribution in [1.29, 1.82) is 0 Å². The summed E-state index contributed by atoms with van der Waals surface area (Å²) in [5.41, 5.74) is 1.47. The van der Waals surface area contributed by atoms with Crippen LogP contribution in [0.5, 0.6) is 5.75 Å². The molecule has 0 atom stereocenters. The Kier molecular flexibility index (Phi) is 3.17. The Labute approximate surface area is 85.5 Å². The van der Waals surface area contributed by atoms with Crippen LogP contribution in [0, 0.1) is 6.92 Å². The number of hydrogen-bond acceptors (Lipinski definition) is 2. The quantitative estimate of drug-likeness (QED) is 0.800. The molecular weight excluding hydrogens is 176 g/mol. The molecule has 1 aromatic carbocycles. The van der Waals surface area contributed by atoms with E-state index in [4.69, 9.17) is 4.74 Å². The second-order valence-electron chi connectivity index (χ2n) is 4.26. The van der Waals surface area contributed by atoms with Crippen molar-refractivity contribution in [2.75, 3.05) is 7.11 Å². The van der Waals surface area contributed by atoms with Crippen LogP contribution in [0.15, 0.2) is 18.2 Å². The third-order valence-electron chi connectivity index (χ3n) is 2.12. The van der Waals surface area contributed by atoms with Gasteiger partial charge in [-0.25, -0.2) is 0 Å². The molecule has 1 N–H and O–H groups in total. The number of para-hydroxylation sites is 1. The van der Waals surface area contributed by atoms with Crippen molar-refractivity contribution in [3.05, 3.63) is 29.3 Å². The predicted molar refractivity (Wildman–Crippen MR) is 57.7 cm³/mol. The summed E-state index contributed by atoms with van der Waals surface area (Å²) < 4.78 is 5.31. The van der Waals surface area contributed by atoms with Gasteiger partial charge in [0.25, 0.3) is 0 Å². The molecule has 0 aliphatic heterocycles. The standard InChI is InChI=1S/C12H18O2/c1-9-6-5-7-10(11(9)14-4)8-12(2,3)13/h5-7,13H,8H2,1-4H3. The van der Waals surface area contributed by atoms with Crippen LogP contribution in [0.2, 0.25) is 0 Å². The van der Waals surface area contributed by atoms with E-state index in [9.17, 15) is 5.11 Å². The Hall–Kier alpha value is -1.02. The Morgan fingerprint density at radius 2 is 2.00 bits per heavy atom. The monoisotopic (exact) mass is 194 g/mol. The van der Waals surface area contributed by atoms with Gasteiger partial charge < -0.3 is 9.84 Å². The highest BCUT2D eigenvalue weighted by molar-refractivity contribution is 5.41. The van der Waals surface area contributed by atoms with E-state index in [1.807, 2.05) is 25.1 Å². The van der Waals surface area contributed by atoms with E-state index in [0.29, 0.717) is 6.42 Å². The molecule has 0 spiro atoms. The lowest BCUT2D eigenvalue weighted by molar-refractivity contribution is 0.0802. The average Bonchev–Trinajstić information content (AvgIpc) is 2.01. The fraction of sp³-hybridized carbons (Fsp3) is 0.500. The fourth-order valence-electron chi connectivity index (χ4n) is 1.61. The minimum Gasteiger partial charge on any atom is -0.496 e. The van der Waals surface area contributed by atoms with Gasteiger partial charge in [-0.1, -0.05) is 18.2 Å². The molecule has 0 radical (unpaired) electrons. The second kappa shape index (κ2) is 4.01. The van der Waals surface area contributed by atoms with Gasteiger partial charge in [-0.15, -0.1) is 0 Å². The molecule has 1 aromatic rings. The summed E-state index contributed by atoms with van der Waals surface area (Å²) >= 11 is 0. The molecule has 78 valence electrons. The van der Waals surface area contributed by atoms with Gasteiger partial charge in [-0.3, -0.25) is 0 Å². The number of ether oxygens (including phenoxy) is 1. The number of methoxy groups -OCH3 is 1. The van der Waals surface area contributed by atoms with Crippen LogP contribution in [0.1, 0.15) is 25.0 Å². The summed E-state index contributed by atoms with van der Waals surface area (Å²) in [6.07, 6.45) is 0.609. The molecule has 14 heavy (non-hydrogen) atoms. The molecule has 2 heteroatoms. The van der Waals surface area contributed by atoms with Crippen molar-refractivity contribution in [1.82, 2.24) is 0 Å². The smallest absolute Gasteiger partial charge is 0.125 e. The van der Waals surface area contributed by atoms with Crippen LogP contribution in [0.4, 0.5) is 0 Å². The zero-order chi connectivity index (χ0) is 10.8. The first kappa shape index (κ1) is 11.1. The molecule has 2 nitrogen and oxygen atoms in total. The van der Waals surface area contributed by atoms with Crippen molar-refractivity contribution < 1.29 is 9.84 Å². The summed E-state index contributed by atoms with van der Waals surface area (Å²) in [7, 11) is 1.66. The van der Waals surface area contributed by atoms with Gasteiger partial charge in [0.15, 0.2) is 0 Å². The lowest BCUT2D eigenvalue weighted by Gasteiger charge is -2.19. The van der Waals surface area contributed by atoms with Crippen molar-refractivity contribution in [3.63, 3.8) is 0 Å². The molecule has 0 saturated carbocycles. The number of aliphatic hydroxyl groups is 1. The molecule has 0 unspecified atom stereocenters. The summed E-state index contributed by atoms with van der Waals surface area (Å²) in [5, 5.41) is 9.73. The van der Waals surface area contributed by atoms with Gasteiger partial charge in [-0.2, -0.15) is 0 Å². The molecule has 0 aromatic heterocycles. The summed E-state index contributed by atoms with van der Waals surface area (Å²) in [4.78, 5) is 0. The average molecular weight is 194 g/mol. The van der Waals surface area contributed by atoms with Crippen LogP contribution in [0.3, 0.4) is 0 Å². The Morgan fingerprint density at radius 1 is 1.36 bits per heavy atom. The Bertz CT molecular complexity index is 311.